The number of benzene rings is 1. The molecule has 0 radical (unpaired) electrons. The van der Waals surface area contributed by atoms with Crippen LogP contribution < -0.4 is 4.74 Å². The molecule has 0 heterocycles. The molecular weight excluding hydrogens is 342 g/mol. The first-order valence-corrected chi connectivity index (χ1v) is 8.46. The molecule has 1 unspecified atom stereocenters. The molecular formula is C18H27NO7. The van der Waals surface area contributed by atoms with Crippen LogP contribution in [0.25, 0.3) is 0 Å². The molecule has 0 aromatic heterocycles. The van der Waals surface area contributed by atoms with Gasteiger partial charge in [0.15, 0.2) is 5.78 Å². The van der Waals surface area contributed by atoms with Crippen molar-refractivity contribution < 1.29 is 34.4 Å². The number of aliphatic hydroxyl groups is 3. The molecule has 8 nitrogen and oxygen atoms in total. The minimum absolute atomic E-state index is 0.0434. The lowest BCUT2D eigenvalue weighted by atomic mass is 10.1. The molecule has 0 aliphatic rings. The highest BCUT2D eigenvalue weighted by Crippen LogP contribution is 2.12. The predicted octanol–water partition coefficient (Wildman–Crippen LogP) is -0.499. The summed E-state index contributed by atoms with van der Waals surface area (Å²) in [5.74, 6) is -0.501. The van der Waals surface area contributed by atoms with Crippen LogP contribution in [-0.4, -0.2) is 90.6 Å². The van der Waals surface area contributed by atoms with Gasteiger partial charge in [-0.15, -0.1) is 0 Å². The molecule has 0 spiro atoms. The Morgan fingerprint density at radius 1 is 1.08 bits per heavy atom. The maximum Gasteiger partial charge on any atom is 0.228 e. The van der Waals surface area contributed by atoms with Gasteiger partial charge in [-0.25, -0.2) is 0 Å². The number of nitrogens with zero attached hydrogens (tertiary/aromatic N) is 1. The Bertz CT molecular complexity index is 541. The van der Waals surface area contributed by atoms with E-state index in [-0.39, 0.29) is 33.0 Å². The average Bonchev–Trinajstić information content (AvgIpc) is 2.61. The zero-order valence-corrected chi connectivity index (χ0v) is 15.0. The van der Waals surface area contributed by atoms with Crippen molar-refractivity contribution in [1.82, 2.24) is 4.90 Å². The molecule has 1 aromatic carbocycles. The fraction of sp³-hybridized carbons (Fsp3) is 0.556. The summed E-state index contributed by atoms with van der Waals surface area (Å²) in [6.07, 6.45) is -0.732. The summed E-state index contributed by atoms with van der Waals surface area (Å²) < 4.78 is 10.8. The Labute approximate surface area is 153 Å². The van der Waals surface area contributed by atoms with E-state index in [4.69, 9.17) is 19.7 Å². The molecule has 3 N–H and O–H groups in total. The summed E-state index contributed by atoms with van der Waals surface area (Å²) in [4.78, 5) is 24.3. The molecule has 1 rings (SSSR count). The van der Waals surface area contributed by atoms with Crippen molar-refractivity contribution in [2.45, 2.75) is 13.0 Å². The van der Waals surface area contributed by atoms with Crippen LogP contribution in [0.5, 0.6) is 5.75 Å². The molecule has 0 amide bonds. The lowest BCUT2D eigenvalue weighted by Gasteiger charge is -2.23. The molecule has 1 aromatic rings. The highest BCUT2D eigenvalue weighted by molar-refractivity contribution is 6.42. The van der Waals surface area contributed by atoms with E-state index < -0.39 is 17.7 Å². The normalized spacial score (nSPS) is 12.2. The lowest BCUT2D eigenvalue weighted by molar-refractivity contribution is -0.113. The first-order valence-electron chi connectivity index (χ1n) is 8.46. The van der Waals surface area contributed by atoms with Crippen molar-refractivity contribution in [1.29, 1.82) is 0 Å². The molecule has 0 saturated carbocycles. The molecule has 1 atom stereocenters. The van der Waals surface area contributed by atoms with Crippen LogP contribution in [0.3, 0.4) is 0 Å². The number of hydrogen-bond acceptors (Lipinski definition) is 8. The van der Waals surface area contributed by atoms with Gasteiger partial charge in [-0.1, -0.05) is 0 Å². The quantitative estimate of drug-likeness (QED) is 0.228. The van der Waals surface area contributed by atoms with Gasteiger partial charge in [-0.05, 0) is 24.3 Å². The van der Waals surface area contributed by atoms with E-state index in [1.54, 1.807) is 17.0 Å². The fourth-order valence-electron chi connectivity index (χ4n) is 2.27. The number of aliphatic hydroxyl groups excluding tert-OH is 3. The molecule has 0 saturated heterocycles. The zero-order chi connectivity index (χ0) is 19.4. The molecule has 0 aliphatic heterocycles. The number of carbonyl (C=O) groups excluding carboxylic acids is 2. The van der Waals surface area contributed by atoms with Gasteiger partial charge in [0.25, 0.3) is 0 Å². The highest BCUT2D eigenvalue weighted by atomic mass is 16.5. The predicted molar refractivity (Wildman–Crippen MR) is 94.4 cm³/mol. The van der Waals surface area contributed by atoms with E-state index in [1.807, 2.05) is 0 Å². The SMILES string of the molecule is CC(=O)C(=O)c1ccc(OCCOCC(O)CN(CCO)CCO)cc1. The third kappa shape index (κ3) is 8.50. The van der Waals surface area contributed by atoms with Gasteiger partial charge in [0.1, 0.15) is 12.4 Å². The molecule has 0 aliphatic carbocycles. The minimum atomic E-state index is -0.732. The van der Waals surface area contributed by atoms with Crippen LogP contribution in [0, 0.1) is 0 Å². The molecule has 146 valence electrons. The van der Waals surface area contributed by atoms with Crippen LogP contribution in [0.4, 0.5) is 0 Å². The van der Waals surface area contributed by atoms with Gasteiger partial charge in [0.2, 0.25) is 5.78 Å². The van der Waals surface area contributed by atoms with Crippen LogP contribution in [0.15, 0.2) is 24.3 Å². The molecule has 0 fully saturated rings. The third-order valence-electron chi connectivity index (χ3n) is 3.54. The van der Waals surface area contributed by atoms with Crippen molar-refractivity contribution in [2.75, 3.05) is 52.7 Å². The van der Waals surface area contributed by atoms with Gasteiger partial charge in [0, 0.05) is 32.1 Å². The zero-order valence-electron chi connectivity index (χ0n) is 15.0. The second-order valence-electron chi connectivity index (χ2n) is 5.73. The Balaban J connectivity index is 2.23. The highest BCUT2D eigenvalue weighted by Gasteiger charge is 2.12. The molecule has 26 heavy (non-hydrogen) atoms. The second kappa shape index (κ2) is 12.5. The monoisotopic (exact) mass is 369 g/mol. The summed E-state index contributed by atoms with van der Waals surface area (Å²) in [6.45, 7) is 2.85. The Hall–Kier alpha value is -1.84. The van der Waals surface area contributed by atoms with Crippen LogP contribution in [0.1, 0.15) is 17.3 Å². The number of Topliss-reactive ketones (excluding diaryl/α,β-unsaturated/α-hetero) is 2. The number of ketones is 2. The fourth-order valence-corrected chi connectivity index (χ4v) is 2.27. The van der Waals surface area contributed by atoms with Crippen molar-refractivity contribution in [3.05, 3.63) is 29.8 Å². The van der Waals surface area contributed by atoms with Crippen LogP contribution in [0.2, 0.25) is 0 Å². The topological polar surface area (TPSA) is 117 Å². The van der Waals surface area contributed by atoms with Gasteiger partial charge in [-0.3, -0.25) is 14.5 Å². The van der Waals surface area contributed by atoms with E-state index in [1.165, 1.54) is 19.1 Å². The van der Waals surface area contributed by atoms with E-state index in [0.717, 1.165) is 0 Å². The largest absolute Gasteiger partial charge is 0.491 e. The first kappa shape index (κ1) is 22.2. The van der Waals surface area contributed by atoms with Crippen molar-refractivity contribution in [3.8, 4) is 5.75 Å². The summed E-state index contributed by atoms with van der Waals surface area (Å²) in [5, 5.41) is 27.7. The Kier molecular flexibility index (Phi) is 10.7. The van der Waals surface area contributed by atoms with Crippen molar-refractivity contribution in [3.63, 3.8) is 0 Å². The lowest BCUT2D eigenvalue weighted by Crippen LogP contribution is -2.38. The van der Waals surface area contributed by atoms with E-state index in [2.05, 4.69) is 0 Å². The average molecular weight is 369 g/mol. The van der Waals surface area contributed by atoms with Crippen molar-refractivity contribution >= 4 is 11.6 Å². The number of ether oxygens (including phenoxy) is 2. The molecule has 8 heteroatoms. The first-order chi connectivity index (χ1) is 12.5. The second-order valence-corrected chi connectivity index (χ2v) is 5.73. The summed E-state index contributed by atoms with van der Waals surface area (Å²) >= 11 is 0. The Morgan fingerprint density at radius 3 is 2.23 bits per heavy atom. The maximum atomic E-state index is 11.5. The summed E-state index contributed by atoms with van der Waals surface area (Å²) in [6, 6.07) is 6.26. The van der Waals surface area contributed by atoms with Gasteiger partial charge in [0.05, 0.1) is 32.5 Å². The van der Waals surface area contributed by atoms with Gasteiger partial charge < -0.3 is 24.8 Å². The smallest absolute Gasteiger partial charge is 0.228 e. The van der Waals surface area contributed by atoms with Crippen LogP contribution in [-0.2, 0) is 9.53 Å². The standard InChI is InChI=1S/C18H27NO7/c1-14(22)18(24)15-2-4-17(5-3-15)26-11-10-25-13-16(23)12-19(6-8-20)7-9-21/h2-5,16,20-21,23H,6-13H2,1H3. The van der Waals surface area contributed by atoms with Crippen LogP contribution >= 0.6 is 0 Å². The number of hydrogen-bond donors (Lipinski definition) is 3. The third-order valence-corrected chi connectivity index (χ3v) is 3.54. The van der Waals surface area contributed by atoms with Gasteiger partial charge in [-0.2, -0.15) is 0 Å². The summed E-state index contributed by atoms with van der Waals surface area (Å²) in [7, 11) is 0. The maximum absolute atomic E-state index is 11.5. The number of rotatable bonds is 14. The van der Waals surface area contributed by atoms with Gasteiger partial charge >= 0.3 is 0 Å². The summed E-state index contributed by atoms with van der Waals surface area (Å²) in [5.41, 5.74) is 0.319. The van der Waals surface area contributed by atoms with E-state index >= 15 is 0 Å². The number of carbonyl (C=O) groups is 2. The van der Waals surface area contributed by atoms with E-state index in [0.29, 0.717) is 30.9 Å². The van der Waals surface area contributed by atoms with Crippen molar-refractivity contribution in [2.24, 2.45) is 0 Å². The van der Waals surface area contributed by atoms with E-state index in [9.17, 15) is 14.7 Å². The Morgan fingerprint density at radius 2 is 1.69 bits per heavy atom. The molecule has 0 bridgehead atoms. The minimum Gasteiger partial charge on any atom is -0.491 e.